The number of rotatable bonds is 4. The molecule has 0 amide bonds. The van der Waals surface area contributed by atoms with E-state index in [1.165, 1.54) is 10.5 Å². The van der Waals surface area contributed by atoms with Gasteiger partial charge in [-0.1, -0.05) is 48.0 Å². The maximum Gasteiger partial charge on any atom is 0.243 e. The lowest BCUT2D eigenvalue weighted by Crippen LogP contribution is -3.14. The molecule has 1 fully saturated rings. The van der Waals surface area contributed by atoms with E-state index in [4.69, 9.17) is 0 Å². The topological polar surface area (TPSA) is 41.8 Å². The summed E-state index contributed by atoms with van der Waals surface area (Å²) in [4.78, 5) is 1.84. The normalized spacial score (nSPS) is 18.4. The molecule has 0 aromatic heterocycles. The van der Waals surface area contributed by atoms with Gasteiger partial charge in [-0.25, -0.2) is 8.42 Å². The van der Waals surface area contributed by atoms with Crippen LogP contribution in [0.3, 0.4) is 0 Å². The van der Waals surface area contributed by atoms with Gasteiger partial charge in [0.05, 0.1) is 31.1 Å². The minimum atomic E-state index is -3.37. The van der Waals surface area contributed by atoms with Crippen LogP contribution in [0.15, 0.2) is 59.5 Å². The molecule has 1 heterocycles. The molecule has 2 aromatic rings. The number of nitrogens with zero attached hydrogens (tertiary/aromatic N) is 1. The van der Waals surface area contributed by atoms with Crippen LogP contribution >= 0.6 is 0 Å². The molecule has 3 rings (SSSR count). The van der Waals surface area contributed by atoms with E-state index in [0.717, 1.165) is 18.7 Å². The molecule has 1 saturated heterocycles. The maximum absolute atomic E-state index is 12.8. The number of benzene rings is 2. The van der Waals surface area contributed by atoms with Crippen molar-refractivity contribution >= 4 is 10.0 Å². The summed E-state index contributed by atoms with van der Waals surface area (Å²) < 4.78 is 27.1. The summed E-state index contributed by atoms with van der Waals surface area (Å²) in [6.45, 7) is 6.99. The van der Waals surface area contributed by atoms with Crippen LogP contribution in [0.2, 0.25) is 0 Å². The van der Waals surface area contributed by atoms with Gasteiger partial charge in [-0.05, 0) is 26.0 Å². The summed E-state index contributed by atoms with van der Waals surface area (Å²) in [5, 5.41) is 0. The number of aryl methyl sites for hydroxylation is 1. The molecule has 5 heteroatoms. The van der Waals surface area contributed by atoms with Gasteiger partial charge in [-0.3, -0.25) is 0 Å². The Morgan fingerprint density at radius 2 is 1.54 bits per heavy atom. The molecule has 0 aliphatic carbocycles. The van der Waals surface area contributed by atoms with Gasteiger partial charge in [0.25, 0.3) is 0 Å². The van der Waals surface area contributed by atoms with Crippen LogP contribution < -0.4 is 4.90 Å². The third-order valence-corrected chi connectivity index (χ3v) is 6.85. The predicted molar refractivity (Wildman–Crippen MR) is 95.5 cm³/mol. The Morgan fingerprint density at radius 1 is 0.958 bits per heavy atom. The highest BCUT2D eigenvalue weighted by atomic mass is 32.2. The van der Waals surface area contributed by atoms with E-state index < -0.39 is 10.0 Å². The lowest BCUT2D eigenvalue weighted by molar-refractivity contribution is -0.933. The second-order valence-electron chi connectivity index (χ2n) is 6.51. The molecular formula is C19H25N2O2S+. The number of piperazine rings is 1. The van der Waals surface area contributed by atoms with Crippen LogP contribution in [0.25, 0.3) is 0 Å². The zero-order chi connectivity index (χ0) is 17.2. The summed E-state index contributed by atoms with van der Waals surface area (Å²) in [5.74, 6) is 0. The Hall–Kier alpha value is -1.69. The predicted octanol–water partition coefficient (Wildman–Crippen LogP) is 1.65. The molecule has 0 radical (unpaired) electrons. The largest absolute Gasteiger partial charge is 0.327 e. The van der Waals surface area contributed by atoms with E-state index >= 15 is 0 Å². The third-order valence-electron chi connectivity index (χ3n) is 4.94. The fraction of sp³-hybridized carbons (Fsp3) is 0.368. The first-order valence-electron chi connectivity index (χ1n) is 8.45. The van der Waals surface area contributed by atoms with Crippen LogP contribution in [0.1, 0.15) is 24.1 Å². The first-order valence-corrected chi connectivity index (χ1v) is 9.89. The number of sulfonamides is 1. The molecule has 1 N–H and O–H groups in total. The number of hydrogen-bond acceptors (Lipinski definition) is 2. The minimum Gasteiger partial charge on any atom is -0.327 e. The monoisotopic (exact) mass is 345 g/mol. The van der Waals surface area contributed by atoms with Crippen molar-refractivity contribution in [3.63, 3.8) is 0 Å². The van der Waals surface area contributed by atoms with Crippen molar-refractivity contribution < 1.29 is 13.3 Å². The highest BCUT2D eigenvalue weighted by molar-refractivity contribution is 7.89. The molecule has 2 aromatic carbocycles. The summed E-state index contributed by atoms with van der Waals surface area (Å²) >= 11 is 0. The Kier molecular flexibility index (Phi) is 5.04. The maximum atomic E-state index is 12.8. The lowest BCUT2D eigenvalue weighted by Gasteiger charge is -2.35. The molecule has 1 atom stereocenters. The second kappa shape index (κ2) is 7.05. The van der Waals surface area contributed by atoms with Crippen molar-refractivity contribution in [2.45, 2.75) is 24.8 Å². The van der Waals surface area contributed by atoms with E-state index in [0.29, 0.717) is 24.0 Å². The first-order chi connectivity index (χ1) is 11.5. The Labute approximate surface area is 144 Å². The molecule has 4 nitrogen and oxygen atoms in total. The van der Waals surface area contributed by atoms with E-state index in [-0.39, 0.29) is 0 Å². The van der Waals surface area contributed by atoms with E-state index in [2.05, 4.69) is 31.2 Å². The highest BCUT2D eigenvalue weighted by Crippen LogP contribution is 2.17. The SMILES string of the molecule is Cc1ccc(S(=O)(=O)N2CC[NH+]([C@H](C)c3ccccc3)CC2)cc1. The Balaban J connectivity index is 1.67. The fourth-order valence-electron chi connectivity index (χ4n) is 3.28. The van der Waals surface area contributed by atoms with Crippen molar-refractivity contribution in [2.75, 3.05) is 26.2 Å². The van der Waals surface area contributed by atoms with Crippen molar-refractivity contribution in [1.29, 1.82) is 0 Å². The average Bonchev–Trinajstić information content (AvgIpc) is 2.62. The smallest absolute Gasteiger partial charge is 0.243 e. The Morgan fingerprint density at radius 3 is 2.12 bits per heavy atom. The van der Waals surface area contributed by atoms with Crippen LogP contribution in [0.5, 0.6) is 0 Å². The fourth-order valence-corrected chi connectivity index (χ4v) is 4.72. The zero-order valence-electron chi connectivity index (χ0n) is 14.3. The lowest BCUT2D eigenvalue weighted by atomic mass is 10.1. The highest BCUT2D eigenvalue weighted by Gasteiger charge is 2.32. The minimum absolute atomic E-state index is 0.385. The summed E-state index contributed by atoms with van der Waals surface area (Å²) in [7, 11) is -3.37. The summed E-state index contributed by atoms with van der Waals surface area (Å²) in [5.41, 5.74) is 2.38. The van der Waals surface area contributed by atoms with Gasteiger partial charge in [0.15, 0.2) is 0 Å². The second-order valence-corrected chi connectivity index (χ2v) is 8.45. The van der Waals surface area contributed by atoms with Crippen molar-refractivity contribution in [3.8, 4) is 0 Å². The molecule has 0 saturated carbocycles. The molecule has 0 spiro atoms. The average molecular weight is 345 g/mol. The number of hydrogen-bond donors (Lipinski definition) is 1. The van der Waals surface area contributed by atoms with E-state index in [1.807, 2.05) is 25.1 Å². The molecule has 0 unspecified atom stereocenters. The van der Waals surface area contributed by atoms with Crippen molar-refractivity contribution in [1.82, 2.24) is 4.31 Å². The van der Waals surface area contributed by atoms with Gasteiger partial charge in [-0.15, -0.1) is 0 Å². The summed E-state index contributed by atoms with van der Waals surface area (Å²) in [6.07, 6.45) is 0. The number of quaternary nitrogens is 1. The zero-order valence-corrected chi connectivity index (χ0v) is 15.1. The van der Waals surface area contributed by atoms with Gasteiger partial charge in [0.2, 0.25) is 10.0 Å². The molecule has 1 aliphatic heterocycles. The van der Waals surface area contributed by atoms with Gasteiger partial charge < -0.3 is 4.90 Å². The van der Waals surface area contributed by atoms with Gasteiger partial charge in [0.1, 0.15) is 6.04 Å². The van der Waals surface area contributed by atoms with E-state index in [1.54, 1.807) is 16.4 Å². The van der Waals surface area contributed by atoms with Crippen LogP contribution in [-0.2, 0) is 10.0 Å². The summed E-state index contributed by atoms with van der Waals surface area (Å²) in [6, 6.07) is 17.9. The van der Waals surface area contributed by atoms with Crippen molar-refractivity contribution in [3.05, 3.63) is 65.7 Å². The Bertz CT molecular complexity index is 765. The standard InChI is InChI=1S/C19H24N2O2S/c1-16-8-10-19(11-9-16)24(22,23)21-14-12-20(13-15-21)17(2)18-6-4-3-5-7-18/h3-11,17H,12-15H2,1-2H3/p+1/t17-/m1/s1. The van der Waals surface area contributed by atoms with Gasteiger partial charge >= 0.3 is 0 Å². The quantitative estimate of drug-likeness (QED) is 0.915. The van der Waals surface area contributed by atoms with E-state index in [9.17, 15) is 8.42 Å². The molecule has 1 aliphatic rings. The molecule has 0 bridgehead atoms. The molecular weight excluding hydrogens is 320 g/mol. The van der Waals surface area contributed by atoms with Crippen LogP contribution in [0, 0.1) is 6.92 Å². The van der Waals surface area contributed by atoms with Crippen LogP contribution in [-0.4, -0.2) is 38.9 Å². The first kappa shape index (κ1) is 17.1. The van der Waals surface area contributed by atoms with Gasteiger partial charge in [-0.2, -0.15) is 4.31 Å². The van der Waals surface area contributed by atoms with Crippen LogP contribution in [0.4, 0.5) is 0 Å². The number of nitrogens with one attached hydrogen (secondary N) is 1. The third kappa shape index (κ3) is 3.53. The molecule has 24 heavy (non-hydrogen) atoms. The van der Waals surface area contributed by atoms with Crippen molar-refractivity contribution in [2.24, 2.45) is 0 Å². The molecule has 128 valence electrons. The van der Waals surface area contributed by atoms with Gasteiger partial charge in [0, 0.05) is 5.56 Å².